The Labute approximate surface area is 146 Å². The molecule has 1 aromatic heterocycles. The lowest BCUT2D eigenvalue weighted by Gasteiger charge is -2.32. The van der Waals surface area contributed by atoms with Crippen LogP contribution < -0.4 is 0 Å². The van der Waals surface area contributed by atoms with Crippen molar-refractivity contribution in [3.63, 3.8) is 0 Å². The molecule has 0 aliphatic heterocycles. The highest BCUT2D eigenvalue weighted by atomic mass is 35.5. The van der Waals surface area contributed by atoms with Gasteiger partial charge in [0.1, 0.15) is 5.58 Å². The molecule has 1 unspecified atom stereocenters. The molecule has 130 valence electrons. The van der Waals surface area contributed by atoms with Crippen LogP contribution in [0, 0.1) is 0 Å². The van der Waals surface area contributed by atoms with Crippen molar-refractivity contribution >= 4 is 34.4 Å². The Morgan fingerprint density at radius 1 is 1.08 bits per heavy atom. The quantitative estimate of drug-likeness (QED) is 0.754. The zero-order valence-corrected chi connectivity index (χ0v) is 15.3. The Hall–Kier alpha value is -2.01. The number of rotatable bonds is 5. The number of carbonyl (C=O) groups is 2. The predicted molar refractivity (Wildman–Crippen MR) is 93.2 cm³/mol. The van der Waals surface area contributed by atoms with E-state index in [4.69, 9.17) is 20.8 Å². The number of ether oxygens (including phenoxy) is 1. The first-order valence-electron chi connectivity index (χ1n) is 7.93. The average Bonchev–Trinajstić information content (AvgIpc) is 2.89. The van der Waals surface area contributed by atoms with Crippen molar-refractivity contribution in [3.8, 4) is 0 Å². The summed E-state index contributed by atoms with van der Waals surface area (Å²) in [6, 6.07) is 6.66. The maximum atomic E-state index is 12.5. The fourth-order valence-electron chi connectivity index (χ4n) is 2.70. The smallest absolute Gasteiger partial charge is 0.375 e. The summed E-state index contributed by atoms with van der Waals surface area (Å²) in [6.45, 7) is 9.27. The van der Waals surface area contributed by atoms with Crippen LogP contribution in [0.3, 0.4) is 0 Å². The normalized spacial score (nSPS) is 12.7. The number of halogens is 1. The highest BCUT2D eigenvalue weighted by Crippen LogP contribution is 2.24. The van der Waals surface area contributed by atoms with Crippen LogP contribution in [-0.4, -0.2) is 35.0 Å². The molecule has 1 heterocycles. The van der Waals surface area contributed by atoms with Gasteiger partial charge >= 0.3 is 5.97 Å². The number of hydrogen-bond acceptors (Lipinski definition) is 4. The van der Waals surface area contributed by atoms with Gasteiger partial charge in [-0.05, 0) is 58.9 Å². The second-order valence-electron chi connectivity index (χ2n) is 6.27. The van der Waals surface area contributed by atoms with Crippen molar-refractivity contribution in [1.82, 2.24) is 4.90 Å². The third kappa shape index (κ3) is 3.90. The monoisotopic (exact) mass is 351 g/mol. The van der Waals surface area contributed by atoms with E-state index in [0.29, 0.717) is 16.0 Å². The molecule has 0 fully saturated rings. The summed E-state index contributed by atoms with van der Waals surface area (Å²) in [5.74, 6) is -0.851. The van der Waals surface area contributed by atoms with E-state index in [-0.39, 0.29) is 23.8 Å². The summed E-state index contributed by atoms with van der Waals surface area (Å²) in [5, 5.41) is 1.26. The lowest BCUT2D eigenvalue weighted by Crippen LogP contribution is -2.47. The molecule has 0 bridgehead atoms. The van der Waals surface area contributed by atoms with E-state index in [2.05, 4.69) is 0 Å². The molecular formula is C18H22ClNO4. The molecular weight excluding hydrogens is 330 g/mol. The number of furan rings is 1. The maximum Gasteiger partial charge on any atom is 0.375 e. The molecule has 0 N–H and O–H groups in total. The van der Waals surface area contributed by atoms with Gasteiger partial charge in [0.25, 0.3) is 5.91 Å². The Morgan fingerprint density at radius 2 is 1.71 bits per heavy atom. The number of fused-ring (bicyclic) bond motifs is 1. The van der Waals surface area contributed by atoms with Gasteiger partial charge in [0.2, 0.25) is 5.76 Å². The first kappa shape index (κ1) is 18.3. The van der Waals surface area contributed by atoms with Gasteiger partial charge in [-0.15, -0.1) is 0 Å². The zero-order valence-electron chi connectivity index (χ0n) is 14.5. The molecule has 0 spiro atoms. The Balaban J connectivity index is 2.13. The van der Waals surface area contributed by atoms with Crippen molar-refractivity contribution in [2.24, 2.45) is 0 Å². The van der Waals surface area contributed by atoms with Gasteiger partial charge in [0.15, 0.2) is 6.10 Å². The summed E-state index contributed by atoms with van der Waals surface area (Å²) in [7, 11) is 0. The molecule has 0 radical (unpaired) electrons. The molecule has 0 saturated heterocycles. The van der Waals surface area contributed by atoms with E-state index in [1.165, 1.54) is 0 Å². The summed E-state index contributed by atoms with van der Waals surface area (Å²) in [5.41, 5.74) is 0.538. The van der Waals surface area contributed by atoms with E-state index in [0.717, 1.165) is 0 Å². The molecule has 24 heavy (non-hydrogen) atoms. The largest absolute Gasteiger partial charge is 0.449 e. The Kier molecular flexibility index (Phi) is 5.54. The topological polar surface area (TPSA) is 59.8 Å². The van der Waals surface area contributed by atoms with Crippen LogP contribution >= 0.6 is 11.6 Å². The van der Waals surface area contributed by atoms with Crippen molar-refractivity contribution in [2.45, 2.75) is 52.8 Å². The van der Waals surface area contributed by atoms with Crippen molar-refractivity contribution in [2.75, 3.05) is 0 Å². The number of benzene rings is 1. The van der Waals surface area contributed by atoms with Crippen LogP contribution in [0.15, 0.2) is 28.7 Å². The third-order valence-corrected chi connectivity index (χ3v) is 3.91. The average molecular weight is 352 g/mol. The molecule has 5 nitrogen and oxygen atoms in total. The second-order valence-corrected chi connectivity index (χ2v) is 6.71. The first-order chi connectivity index (χ1) is 11.2. The van der Waals surface area contributed by atoms with Crippen molar-refractivity contribution in [3.05, 3.63) is 35.0 Å². The van der Waals surface area contributed by atoms with Gasteiger partial charge in [-0.3, -0.25) is 4.79 Å². The summed E-state index contributed by atoms with van der Waals surface area (Å²) in [6.07, 6.45) is -0.890. The molecule has 6 heteroatoms. The first-order valence-corrected chi connectivity index (χ1v) is 8.30. The van der Waals surface area contributed by atoms with Gasteiger partial charge in [0.05, 0.1) is 0 Å². The fourth-order valence-corrected chi connectivity index (χ4v) is 2.88. The van der Waals surface area contributed by atoms with Crippen LogP contribution in [0.25, 0.3) is 11.0 Å². The van der Waals surface area contributed by atoms with Gasteiger partial charge < -0.3 is 14.1 Å². The summed E-state index contributed by atoms with van der Waals surface area (Å²) < 4.78 is 10.7. The molecule has 1 aromatic carbocycles. The van der Waals surface area contributed by atoms with E-state index >= 15 is 0 Å². The molecule has 1 amide bonds. The summed E-state index contributed by atoms with van der Waals surface area (Å²) in [4.78, 5) is 26.5. The van der Waals surface area contributed by atoms with Gasteiger partial charge in [-0.2, -0.15) is 0 Å². The molecule has 0 aliphatic rings. The lowest BCUT2D eigenvalue weighted by atomic mass is 10.2. The lowest BCUT2D eigenvalue weighted by molar-refractivity contribution is -0.143. The minimum Gasteiger partial charge on any atom is -0.449 e. The van der Waals surface area contributed by atoms with Crippen LogP contribution in [0.2, 0.25) is 5.02 Å². The van der Waals surface area contributed by atoms with Gasteiger partial charge in [-0.25, -0.2) is 4.79 Å². The second kappa shape index (κ2) is 7.26. The fraction of sp³-hybridized carbons (Fsp3) is 0.444. The van der Waals surface area contributed by atoms with E-state index in [1.807, 2.05) is 27.7 Å². The van der Waals surface area contributed by atoms with Crippen molar-refractivity contribution in [1.29, 1.82) is 0 Å². The molecule has 1 atom stereocenters. The van der Waals surface area contributed by atoms with Crippen LogP contribution in [0.5, 0.6) is 0 Å². The van der Waals surface area contributed by atoms with Crippen LogP contribution in [0.4, 0.5) is 0 Å². The number of amides is 1. The Bertz CT molecular complexity index is 743. The molecule has 0 saturated carbocycles. The number of esters is 1. The Morgan fingerprint density at radius 3 is 2.29 bits per heavy atom. The van der Waals surface area contributed by atoms with E-state index < -0.39 is 12.1 Å². The maximum absolute atomic E-state index is 12.5. The molecule has 2 aromatic rings. The SMILES string of the molecule is CC(OC(=O)c1cc2cc(Cl)ccc2o1)C(=O)N(C(C)C)C(C)C. The minimum atomic E-state index is -0.890. The summed E-state index contributed by atoms with van der Waals surface area (Å²) >= 11 is 5.92. The zero-order chi connectivity index (χ0) is 18.0. The van der Waals surface area contributed by atoms with Crippen LogP contribution in [-0.2, 0) is 9.53 Å². The van der Waals surface area contributed by atoms with Gasteiger partial charge in [0, 0.05) is 22.5 Å². The highest BCUT2D eigenvalue weighted by Gasteiger charge is 2.28. The van der Waals surface area contributed by atoms with Crippen LogP contribution in [0.1, 0.15) is 45.2 Å². The molecule has 2 rings (SSSR count). The van der Waals surface area contributed by atoms with E-state index in [9.17, 15) is 9.59 Å². The number of hydrogen-bond donors (Lipinski definition) is 0. The predicted octanol–water partition coefficient (Wildman–Crippen LogP) is 4.28. The highest BCUT2D eigenvalue weighted by molar-refractivity contribution is 6.31. The standard InChI is InChI=1S/C18H22ClNO4/c1-10(2)20(11(3)4)17(21)12(5)23-18(22)16-9-13-8-14(19)6-7-15(13)24-16/h6-12H,1-5H3. The number of nitrogens with zero attached hydrogens (tertiary/aromatic N) is 1. The van der Waals surface area contributed by atoms with Gasteiger partial charge in [-0.1, -0.05) is 11.6 Å². The van der Waals surface area contributed by atoms with Crippen molar-refractivity contribution < 1.29 is 18.7 Å². The number of carbonyl (C=O) groups excluding carboxylic acids is 2. The third-order valence-electron chi connectivity index (χ3n) is 3.68. The van der Waals surface area contributed by atoms with E-state index in [1.54, 1.807) is 36.1 Å². The minimum absolute atomic E-state index is 0.0204. The molecule has 0 aliphatic carbocycles.